The third-order valence-electron chi connectivity index (χ3n) is 5.00. The summed E-state index contributed by atoms with van der Waals surface area (Å²) in [5.41, 5.74) is 0.0497. The first kappa shape index (κ1) is 18.5. The molecule has 7 heteroatoms. The molecule has 0 aromatic rings. The van der Waals surface area contributed by atoms with Gasteiger partial charge in [-0.25, -0.2) is 8.42 Å². The molecule has 0 bridgehead atoms. The lowest BCUT2D eigenvalue weighted by Crippen LogP contribution is -2.56. The Balaban J connectivity index is 1.85. The van der Waals surface area contributed by atoms with E-state index in [4.69, 9.17) is 0 Å². The number of aliphatic imine (C=N–C) groups is 1. The molecule has 2 unspecified atom stereocenters. The standard InChI is InChI=1S/C16H32N4O2S/c1-13-6-5-8-20(10-13)16(2,3)12-18-15(17-4)19-14-7-9-23(21,22)11-14/h13-14H,5-12H2,1-4H3,(H2,17,18,19). The van der Waals surface area contributed by atoms with Gasteiger partial charge in [0.1, 0.15) is 0 Å². The number of guanidine groups is 1. The van der Waals surface area contributed by atoms with Crippen LogP contribution in [0.2, 0.25) is 0 Å². The van der Waals surface area contributed by atoms with E-state index in [0.29, 0.717) is 12.4 Å². The molecule has 2 aliphatic rings. The lowest BCUT2D eigenvalue weighted by molar-refractivity contribution is 0.0739. The molecular formula is C16H32N4O2S. The van der Waals surface area contributed by atoms with Crippen molar-refractivity contribution in [1.29, 1.82) is 0 Å². The molecule has 134 valence electrons. The van der Waals surface area contributed by atoms with Crippen LogP contribution in [0.3, 0.4) is 0 Å². The molecule has 2 heterocycles. The van der Waals surface area contributed by atoms with Crippen molar-refractivity contribution in [2.45, 2.75) is 51.6 Å². The summed E-state index contributed by atoms with van der Waals surface area (Å²) in [6.07, 6.45) is 3.24. The van der Waals surface area contributed by atoms with Crippen molar-refractivity contribution in [2.75, 3.05) is 38.2 Å². The predicted molar refractivity (Wildman–Crippen MR) is 95.6 cm³/mol. The Labute approximate surface area is 141 Å². The number of piperidine rings is 1. The highest BCUT2D eigenvalue weighted by Gasteiger charge is 2.31. The number of hydrogen-bond donors (Lipinski definition) is 2. The van der Waals surface area contributed by atoms with Crippen LogP contribution < -0.4 is 10.6 Å². The second-order valence-corrected chi connectivity index (χ2v) is 9.90. The third kappa shape index (κ3) is 5.35. The van der Waals surface area contributed by atoms with Crippen LogP contribution in [0.15, 0.2) is 4.99 Å². The lowest BCUT2D eigenvalue weighted by atomic mass is 9.93. The molecule has 2 fully saturated rings. The molecule has 2 N–H and O–H groups in total. The first-order valence-corrected chi connectivity index (χ1v) is 10.5. The molecular weight excluding hydrogens is 312 g/mol. The average Bonchev–Trinajstić information content (AvgIpc) is 2.82. The fourth-order valence-corrected chi connectivity index (χ4v) is 5.12. The number of hydrogen-bond acceptors (Lipinski definition) is 4. The summed E-state index contributed by atoms with van der Waals surface area (Å²) in [6.45, 7) is 9.90. The Kier molecular flexibility index (Phi) is 5.94. The zero-order valence-electron chi connectivity index (χ0n) is 14.9. The van der Waals surface area contributed by atoms with Crippen molar-refractivity contribution in [1.82, 2.24) is 15.5 Å². The van der Waals surface area contributed by atoms with Gasteiger partial charge < -0.3 is 10.6 Å². The zero-order valence-corrected chi connectivity index (χ0v) is 15.7. The summed E-state index contributed by atoms with van der Waals surface area (Å²) in [6, 6.07) is -0.0238. The van der Waals surface area contributed by atoms with Crippen LogP contribution in [-0.2, 0) is 9.84 Å². The van der Waals surface area contributed by atoms with Gasteiger partial charge in [-0.15, -0.1) is 0 Å². The molecule has 0 spiro atoms. The molecule has 2 saturated heterocycles. The SMILES string of the molecule is CN=C(NCC(C)(C)N1CCCC(C)C1)NC1CCS(=O)(=O)C1. The highest BCUT2D eigenvalue weighted by Crippen LogP contribution is 2.23. The smallest absolute Gasteiger partial charge is 0.191 e. The highest BCUT2D eigenvalue weighted by molar-refractivity contribution is 7.91. The monoisotopic (exact) mass is 344 g/mol. The maximum atomic E-state index is 11.6. The van der Waals surface area contributed by atoms with Gasteiger partial charge in [-0.1, -0.05) is 6.92 Å². The van der Waals surface area contributed by atoms with Crippen LogP contribution in [-0.4, -0.2) is 69.0 Å². The Hall–Kier alpha value is -0.820. The fourth-order valence-electron chi connectivity index (χ4n) is 3.45. The fraction of sp³-hybridized carbons (Fsp3) is 0.938. The maximum Gasteiger partial charge on any atom is 0.191 e. The normalized spacial score (nSPS) is 29.5. The number of sulfone groups is 1. The summed E-state index contributed by atoms with van der Waals surface area (Å²) in [5, 5.41) is 6.63. The molecule has 2 atom stereocenters. The number of rotatable bonds is 4. The van der Waals surface area contributed by atoms with Crippen LogP contribution in [0, 0.1) is 5.92 Å². The van der Waals surface area contributed by atoms with Gasteiger partial charge in [-0.3, -0.25) is 9.89 Å². The second-order valence-electron chi connectivity index (χ2n) is 7.68. The maximum absolute atomic E-state index is 11.6. The minimum atomic E-state index is -2.87. The van der Waals surface area contributed by atoms with Crippen molar-refractivity contribution < 1.29 is 8.42 Å². The molecule has 23 heavy (non-hydrogen) atoms. The van der Waals surface area contributed by atoms with Gasteiger partial charge >= 0.3 is 0 Å². The lowest BCUT2D eigenvalue weighted by Gasteiger charge is -2.43. The quantitative estimate of drug-likeness (QED) is 0.584. The van der Waals surface area contributed by atoms with Gasteiger partial charge in [-0.2, -0.15) is 0 Å². The van der Waals surface area contributed by atoms with Crippen LogP contribution >= 0.6 is 0 Å². The summed E-state index contributed by atoms with van der Waals surface area (Å²) < 4.78 is 23.1. The summed E-state index contributed by atoms with van der Waals surface area (Å²) in [4.78, 5) is 6.79. The van der Waals surface area contributed by atoms with Gasteiger partial charge in [0.25, 0.3) is 0 Å². The molecule has 0 radical (unpaired) electrons. The topological polar surface area (TPSA) is 73.8 Å². The Morgan fingerprint density at radius 1 is 1.35 bits per heavy atom. The van der Waals surface area contributed by atoms with Gasteiger partial charge in [0, 0.05) is 31.7 Å². The van der Waals surface area contributed by atoms with E-state index in [1.807, 2.05) is 0 Å². The van der Waals surface area contributed by atoms with Crippen molar-refractivity contribution in [2.24, 2.45) is 10.9 Å². The number of nitrogens with one attached hydrogen (secondary N) is 2. The summed E-state index contributed by atoms with van der Waals surface area (Å²) >= 11 is 0. The Bertz CT molecular complexity index is 530. The molecule has 0 aromatic carbocycles. The summed E-state index contributed by atoms with van der Waals surface area (Å²) in [5.74, 6) is 1.94. The van der Waals surface area contributed by atoms with Crippen LogP contribution in [0.25, 0.3) is 0 Å². The van der Waals surface area contributed by atoms with Crippen molar-refractivity contribution in [3.05, 3.63) is 0 Å². The second kappa shape index (κ2) is 7.38. The van der Waals surface area contributed by atoms with Crippen molar-refractivity contribution in [3.63, 3.8) is 0 Å². The third-order valence-corrected chi connectivity index (χ3v) is 6.77. The first-order valence-electron chi connectivity index (χ1n) is 8.64. The van der Waals surface area contributed by atoms with Crippen molar-refractivity contribution >= 4 is 15.8 Å². The highest BCUT2D eigenvalue weighted by atomic mass is 32.2. The van der Waals surface area contributed by atoms with Gasteiger partial charge in [0.15, 0.2) is 15.8 Å². The van der Waals surface area contributed by atoms with Crippen LogP contribution in [0.4, 0.5) is 0 Å². The molecule has 0 aromatic heterocycles. The molecule has 2 rings (SSSR count). The minimum absolute atomic E-state index is 0.0238. The van der Waals surface area contributed by atoms with E-state index < -0.39 is 9.84 Å². The van der Waals surface area contributed by atoms with E-state index in [1.165, 1.54) is 12.8 Å². The summed E-state index contributed by atoms with van der Waals surface area (Å²) in [7, 11) is -1.14. The van der Waals surface area contributed by atoms with E-state index in [9.17, 15) is 8.42 Å². The van der Waals surface area contributed by atoms with Gasteiger partial charge in [0.05, 0.1) is 11.5 Å². The predicted octanol–water partition coefficient (Wildman–Crippen LogP) is 0.849. The molecule has 2 aliphatic heterocycles. The minimum Gasteiger partial charge on any atom is -0.355 e. The first-order chi connectivity index (χ1) is 10.7. The van der Waals surface area contributed by atoms with Crippen molar-refractivity contribution in [3.8, 4) is 0 Å². The zero-order chi connectivity index (χ0) is 17.1. The van der Waals surface area contributed by atoms with Crippen LogP contribution in [0.5, 0.6) is 0 Å². The molecule has 6 nitrogen and oxygen atoms in total. The number of likely N-dealkylation sites (tertiary alicyclic amines) is 1. The molecule has 0 saturated carbocycles. The number of nitrogens with zero attached hydrogens (tertiary/aromatic N) is 2. The molecule has 0 aliphatic carbocycles. The van der Waals surface area contributed by atoms with E-state index in [0.717, 1.165) is 25.6 Å². The van der Waals surface area contributed by atoms with E-state index in [-0.39, 0.29) is 23.1 Å². The van der Waals surface area contributed by atoms with E-state index in [1.54, 1.807) is 7.05 Å². The van der Waals surface area contributed by atoms with Gasteiger partial charge in [-0.05, 0) is 45.6 Å². The van der Waals surface area contributed by atoms with Gasteiger partial charge in [0.2, 0.25) is 0 Å². The average molecular weight is 345 g/mol. The Morgan fingerprint density at radius 3 is 2.65 bits per heavy atom. The van der Waals surface area contributed by atoms with E-state index in [2.05, 4.69) is 41.3 Å². The molecule has 0 amide bonds. The van der Waals surface area contributed by atoms with Crippen LogP contribution in [0.1, 0.15) is 40.0 Å². The van der Waals surface area contributed by atoms with E-state index >= 15 is 0 Å². The largest absolute Gasteiger partial charge is 0.355 e. The Morgan fingerprint density at radius 2 is 2.09 bits per heavy atom.